The summed E-state index contributed by atoms with van der Waals surface area (Å²) in [6.07, 6.45) is 1.83. The topological polar surface area (TPSA) is 23.5 Å². The van der Waals surface area contributed by atoms with E-state index < -0.39 is 5.60 Å². The molecular formula is C15H22BrNO. The fraction of sp³-hybridized carbons (Fsp3) is 0.600. The molecule has 0 amide bonds. The molecule has 3 heteroatoms. The Balaban J connectivity index is 2.31. The minimum Gasteiger partial charge on any atom is -0.390 e. The van der Waals surface area contributed by atoms with E-state index in [0.717, 1.165) is 17.3 Å². The van der Waals surface area contributed by atoms with Gasteiger partial charge in [-0.3, -0.25) is 0 Å². The molecule has 0 spiro atoms. The molecule has 2 rings (SSSR count). The first-order chi connectivity index (χ1) is 8.28. The number of nitrogens with zero attached hydrogens (tertiary/aromatic N) is 1. The van der Waals surface area contributed by atoms with Crippen LogP contribution in [0.4, 0.5) is 5.69 Å². The molecule has 0 saturated carbocycles. The first-order valence-corrected chi connectivity index (χ1v) is 7.36. The van der Waals surface area contributed by atoms with Crippen LogP contribution in [0.15, 0.2) is 22.7 Å². The van der Waals surface area contributed by atoms with Crippen molar-refractivity contribution in [3.8, 4) is 0 Å². The molecule has 100 valence electrons. The van der Waals surface area contributed by atoms with E-state index in [1.165, 1.54) is 11.3 Å². The second-order valence-corrected chi connectivity index (χ2v) is 7.06. The zero-order valence-corrected chi connectivity index (χ0v) is 13.2. The molecule has 1 aromatic carbocycles. The van der Waals surface area contributed by atoms with Crippen molar-refractivity contribution in [1.29, 1.82) is 0 Å². The van der Waals surface area contributed by atoms with Gasteiger partial charge in [-0.25, -0.2) is 0 Å². The van der Waals surface area contributed by atoms with Gasteiger partial charge in [0.25, 0.3) is 0 Å². The van der Waals surface area contributed by atoms with Gasteiger partial charge in [0.05, 0.1) is 5.60 Å². The Bertz CT molecular complexity index is 437. The van der Waals surface area contributed by atoms with Gasteiger partial charge in [-0.1, -0.05) is 15.9 Å². The lowest BCUT2D eigenvalue weighted by atomic mass is 9.96. The van der Waals surface area contributed by atoms with Crippen molar-refractivity contribution >= 4 is 21.6 Å². The summed E-state index contributed by atoms with van der Waals surface area (Å²) in [5, 5.41) is 10.1. The van der Waals surface area contributed by atoms with Crippen LogP contribution in [0.3, 0.4) is 0 Å². The van der Waals surface area contributed by atoms with Crippen LogP contribution in [0.5, 0.6) is 0 Å². The third-order valence-electron chi connectivity index (χ3n) is 3.46. The summed E-state index contributed by atoms with van der Waals surface area (Å²) in [5.41, 5.74) is 2.09. The Morgan fingerprint density at radius 2 is 2.11 bits per heavy atom. The predicted octanol–water partition coefficient (Wildman–Crippen LogP) is 3.75. The molecule has 1 heterocycles. The Morgan fingerprint density at radius 1 is 1.44 bits per heavy atom. The fourth-order valence-electron chi connectivity index (χ4n) is 2.97. The van der Waals surface area contributed by atoms with Crippen molar-refractivity contribution in [2.24, 2.45) is 0 Å². The van der Waals surface area contributed by atoms with Gasteiger partial charge in [-0.15, -0.1) is 0 Å². The largest absolute Gasteiger partial charge is 0.390 e. The highest BCUT2D eigenvalue weighted by molar-refractivity contribution is 9.10. The zero-order chi connectivity index (χ0) is 13.5. The lowest BCUT2D eigenvalue weighted by molar-refractivity contribution is 0.0629. The van der Waals surface area contributed by atoms with Gasteiger partial charge in [0.15, 0.2) is 0 Å². The van der Waals surface area contributed by atoms with E-state index in [4.69, 9.17) is 0 Å². The highest BCUT2D eigenvalue weighted by Gasteiger charge is 2.34. The zero-order valence-electron chi connectivity index (χ0n) is 11.6. The van der Waals surface area contributed by atoms with E-state index in [1.54, 1.807) is 0 Å². The number of aliphatic hydroxyl groups is 1. The average molecular weight is 312 g/mol. The molecule has 0 saturated heterocycles. The van der Waals surface area contributed by atoms with Crippen molar-refractivity contribution in [1.82, 2.24) is 0 Å². The summed E-state index contributed by atoms with van der Waals surface area (Å²) < 4.78 is 1.13. The van der Waals surface area contributed by atoms with E-state index in [1.807, 2.05) is 13.8 Å². The monoisotopic (exact) mass is 311 g/mol. The summed E-state index contributed by atoms with van der Waals surface area (Å²) in [6, 6.07) is 7.34. The predicted molar refractivity (Wildman–Crippen MR) is 80.2 cm³/mol. The molecule has 2 nitrogen and oxygen atoms in total. The van der Waals surface area contributed by atoms with Gasteiger partial charge in [0.1, 0.15) is 0 Å². The number of halogens is 1. The van der Waals surface area contributed by atoms with Crippen LogP contribution >= 0.6 is 15.9 Å². The molecule has 0 aromatic heterocycles. The van der Waals surface area contributed by atoms with Crippen LogP contribution in [0.1, 0.15) is 39.7 Å². The molecular weight excluding hydrogens is 290 g/mol. The minimum atomic E-state index is -0.614. The summed E-state index contributed by atoms with van der Waals surface area (Å²) in [7, 11) is 0. The molecule has 1 aromatic rings. The molecule has 0 radical (unpaired) electrons. The number of fused-ring (bicyclic) bond motifs is 1. The second kappa shape index (κ2) is 4.86. The Kier molecular flexibility index (Phi) is 3.75. The molecule has 0 bridgehead atoms. The summed E-state index contributed by atoms with van der Waals surface area (Å²) >= 11 is 3.54. The van der Waals surface area contributed by atoms with Gasteiger partial charge < -0.3 is 10.0 Å². The van der Waals surface area contributed by atoms with Crippen LogP contribution in [-0.2, 0) is 6.42 Å². The van der Waals surface area contributed by atoms with E-state index in [0.29, 0.717) is 12.1 Å². The molecule has 1 N–H and O–H groups in total. The summed E-state index contributed by atoms with van der Waals surface area (Å²) in [4.78, 5) is 2.44. The number of rotatable bonds is 3. The molecule has 1 aliphatic rings. The van der Waals surface area contributed by atoms with Crippen LogP contribution < -0.4 is 4.90 Å². The van der Waals surface area contributed by atoms with Gasteiger partial charge in [-0.05, 0) is 64.3 Å². The molecule has 0 aliphatic carbocycles. The first-order valence-electron chi connectivity index (χ1n) is 6.57. The molecule has 1 unspecified atom stereocenters. The first kappa shape index (κ1) is 13.9. The number of benzene rings is 1. The van der Waals surface area contributed by atoms with Crippen molar-refractivity contribution in [2.45, 2.75) is 58.2 Å². The maximum absolute atomic E-state index is 10.1. The van der Waals surface area contributed by atoms with Crippen LogP contribution in [0, 0.1) is 0 Å². The van der Waals surface area contributed by atoms with E-state index in [2.05, 4.69) is 52.9 Å². The molecule has 18 heavy (non-hydrogen) atoms. The van der Waals surface area contributed by atoms with Crippen LogP contribution in [0.2, 0.25) is 0 Å². The number of hydrogen-bond donors (Lipinski definition) is 1. The number of anilines is 1. The van der Waals surface area contributed by atoms with Gasteiger partial charge in [-0.2, -0.15) is 0 Å². The SMILES string of the molecule is CC(C)N1c2ccc(Br)cc2CC1CC(C)(C)O. The highest BCUT2D eigenvalue weighted by atomic mass is 79.9. The maximum Gasteiger partial charge on any atom is 0.0611 e. The maximum atomic E-state index is 10.1. The molecule has 1 atom stereocenters. The van der Waals surface area contributed by atoms with Crippen LogP contribution in [0.25, 0.3) is 0 Å². The van der Waals surface area contributed by atoms with Crippen molar-refractivity contribution in [3.63, 3.8) is 0 Å². The third kappa shape index (κ3) is 2.89. The molecule has 1 aliphatic heterocycles. The van der Waals surface area contributed by atoms with Crippen molar-refractivity contribution < 1.29 is 5.11 Å². The van der Waals surface area contributed by atoms with Gasteiger partial charge >= 0.3 is 0 Å². The Labute approximate surface area is 118 Å². The second-order valence-electron chi connectivity index (χ2n) is 6.15. The van der Waals surface area contributed by atoms with Gasteiger partial charge in [0.2, 0.25) is 0 Å². The van der Waals surface area contributed by atoms with Crippen LogP contribution in [-0.4, -0.2) is 22.8 Å². The summed E-state index contributed by atoms with van der Waals surface area (Å²) in [6.45, 7) is 8.22. The minimum absolute atomic E-state index is 0.397. The third-order valence-corrected chi connectivity index (χ3v) is 3.95. The Morgan fingerprint density at radius 3 is 2.67 bits per heavy atom. The number of hydrogen-bond acceptors (Lipinski definition) is 2. The quantitative estimate of drug-likeness (QED) is 0.919. The standard InChI is InChI=1S/C15H22BrNO/c1-10(2)17-13(9-15(3,4)18)8-11-7-12(16)5-6-14(11)17/h5-7,10,13,18H,8-9H2,1-4H3. The highest BCUT2D eigenvalue weighted by Crippen LogP contribution is 2.38. The van der Waals surface area contributed by atoms with E-state index in [9.17, 15) is 5.11 Å². The average Bonchev–Trinajstić information content (AvgIpc) is 2.51. The lowest BCUT2D eigenvalue weighted by Crippen LogP contribution is -2.42. The summed E-state index contributed by atoms with van der Waals surface area (Å²) in [5.74, 6) is 0. The van der Waals surface area contributed by atoms with Gasteiger partial charge in [0, 0.05) is 22.2 Å². The van der Waals surface area contributed by atoms with E-state index >= 15 is 0 Å². The lowest BCUT2D eigenvalue weighted by Gasteiger charge is -2.34. The smallest absolute Gasteiger partial charge is 0.0611 e. The fourth-order valence-corrected chi connectivity index (χ4v) is 3.37. The Hall–Kier alpha value is -0.540. The van der Waals surface area contributed by atoms with E-state index in [-0.39, 0.29) is 0 Å². The normalized spacial score (nSPS) is 19.5. The van der Waals surface area contributed by atoms with Crippen molar-refractivity contribution in [3.05, 3.63) is 28.2 Å². The molecule has 0 fully saturated rings. The van der Waals surface area contributed by atoms with Crippen molar-refractivity contribution in [2.75, 3.05) is 4.90 Å².